The van der Waals surface area contributed by atoms with Gasteiger partial charge in [0, 0.05) is 18.0 Å². The first-order chi connectivity index (χ1) is 10.6. The first-order valence-electron chi connectivity index (χ1n) is 7.25. The van der Waals surface area contributed by atoms with Crippen LogP contribution < -0.4 is 10.0 Å². The molecule has 0 bridgehead atoms. The van der Waals surface area contributed by atoms with Gasteiger partial charge in [-0.3, -0.25) is 0 Å². The summed E-state index contributed by atoms with van der Waals surface area (Å²) in [6, 6.07) is 3.06. The van der Waals surface area contributed by atoms with Gasteiger partial charge in [0.2, 0.25) is 5.09 Å². The van der Waals surface area contributed by atoms with Crippen molar-refractivity contribution >= 4 is 22.4 Å². The largest absolute Gasteiger partial charge is 0.438 e. The molecule has 2 aromatic heterocycles. The molecule has 2 heterocycles. The van der Waals surface area contributed by atoms with Crippen molar-refractivity contribution in [1.82, 2.24) is 20.2 Å². The molecule has 24 heavy (non-hydrogen) atoms. The SMILES string of the molecule is CNC(C)Cc1noc(-c2ccc(S(=O)(=O)NC(C)(C)C)o2)n1.Cl. The van der Waals surface area contributed by atoms with Crippen LogP contribution in [-0.2, 0) is 16.4 Å². The molecular formula is C14H23ClN4O4S. The number of aromatic nitrogens is 2. The van der Waals surface area contributed by atoms with Crippen molar-refractivity contribution in [3.8, 4) is 11.7 Å². The van der Waals surface area contributed by atoms with Crippen LogP contribution in [0.15, 0.2) is 26.2 Å². The lowest BCUT2D eigenvalue weighted by Crippen LogP contribution is -2.40. The van der Waals surface area contributed by atoms with E-state index < -0.39 is 15.6 Å². The van der Waals surface area contributed by atoms with Crippen LogP contribution >= 0.6 is 12.4 Å². The first kappa shape index (κ1) is 20.6. The van der Waals surface area contributed by atoms with Gasteiger partial charge in [-0.15, -0.1) is 12.4 Å². The summed E-state index contributed by atoms with van der Waals surface area (Å²) >= 11 is 0. The zero-order valence-corrected chi connectivity index (χ0v) is 15.9. The van der Waals surface area contributed by atoms with E-state index in [9.17, 15) is 8.42 Å². The minimum atomic E-state index is -3.74. The normalized spacial score (nSPS) is 13.5. The minimum Gasteiger partial charge on any atom is -0.438 e. The molecule has 1 unspecified atom stereocenters. The van der Waals surface area contributed by atoms with Crippen LogP contribution in [0.25, 0.3) is 11.7 Å². The molecule has 0 aliphatic heterocycles. The summed E-state index contributed by atoms with van der Waals surface area (Å²) in [5.41, 5.74) is -0.604. The maximum absolute atomic E-state index is 12.2. The highest BCUT2D eigenvalue weighted by Gasteiger charge is 2.26. The Bertz CT molecular complexity index is 764. The maximum Gasteiger partial charge on any atom is 0.293 e. The molecule has 136 valence electrons. The van der Waals surface area contributed by atoms with E-state index in [2.05, 4.69) is 20.2 Å². The van der Waals surface area contributed by atoms with E-state index in [1.807, 2.05) is 14.0 Å². The summed E-state index contributed by atoms with van der Waals surface area (Å²) < 4.78 is 37.4. The summed E-state index contributed by atoms with van der Waals surface area (Å²) in [5, 5.41) is 6.75. The van der Waals surface area contributed by atoms with E-state index in [-0.39, 0.29) is 35.2 Å². The van der Waals surface area contributed by atoms with Gasteiger partial charge in [0.05, 0.1) is 0 Å². The molecule has 0 aromatic carbocycles. The number of nitrogens with one attached hydrogen (secondary N) is 2. The topological polar surface area (TPSA) is 110 Å². The van der Waals surface area contributed by atoms with Gasteiger partial charge in [-0.1, -0.05) is 5.16 Å². The van der Waals surface area contributed by atoms with Crippen LogP contribution in [-0.4, -0.2) is 37.2 Å². The number of halogens is 1. The third-order valence-corrected chi connectivity index (χ3v) is 4.58. The molecule has 2 rings (SSSR count). The Kier molecular flexibility index (Phi) is 6.57. The van der Waals surface area contributed by atoms with Crippen molar-refractivity contribution in [3.05, 3.63) is 18.0 Å². The molecular weight excluding hydrogens is 356 g/mol. The molecule has 10 heteroatoms. The van der Waals surface area contributed by atoms with E-state index in [1.165, 1.54) is 12.1 Å². The van der Waals surface area contributed by atoms with E-state index in [0.29, 0.717) is 12.2 Å². The van der Waals surface area contributed by atoms with Gasteiger partial charge in [0.1, 0.15) is 0 Å². The highest BCUT2D eigenvalue weighted by Crippen LogP contribution is 2.24. The summed E-state index contributed by atoms with van der Waals surface area (Å²) in [5.74, 6) is 0.895. The number of hydrogen-bond acceptors (Lipinski definition) is 7. The number of likely N-dealkylation sites (N-methyl/N-ethyl adjacent to an activating group) is 1. The summed E-state index contributed by atoms with van der Waals surface area (Å²) in [6.45, 7) is 7.25. The number of rotatable bonds is 6. The van der Waals surface area contributed by atoms with Crippen LogP contribution in [0.5, 0.6) is 0 Å². The van der Waals surface area contributed by atoms with Gasteiger partial charge in [0.25, 0.3) is 15.9 Å². The third kappa shape index (κ3) is 5.30. The van der Waals surface area contributed by atoms with E-state index in [4.69, 9.17) is 8.94 Å². The van der Waals surface area contributed by atoms with Crippen molar-refractivity contribution in [3.63, 3.8) is 0 Å². The van der Waals surface area contributed by atoms with Crippen molar-refractivity contribution in [2.24, 2.45) is 0 Å². The fourth-order valence-corrected chi connectivity index (χ4v) is 3.20. The molecule has 0 amide bonds. The molecule has 2 aromatic rings. The highest BCUT2D eigenvalue weighted by molar-refractivity contribution is 7.89. The standard InChI is InChI=1S/C14H22N4O4S.ClH/c1-9(15-5)8-11-16-13(22-17-11)10-6-7-12(21-10)23(19,20)18-14(2,3)4;/h6-7,9,15,18H,8H2,1-5H3;1H. The van der Waals surface area contributed by atoms with Crippen molar-refractivity contribution in [2.75, 3.05) is 7.05 Å². The number of sulfonamides is 1. The summed E-state index contributed by atoms with van der Waals surface area (Å²) in [7, 11) is -1.89. The van der Waals surface area contributed by atoms with Gasteiger partial charge < -0.3 is 14.3 Å². The van der Waals surface area contributed by atoms with E-state index >= 15 is 0 Å². The second-order valence-electron chi connectivity index (χ2n) is 6.38. The molecule has 0 spiro atoms. The molecule has 1 atom stereocenters. The van der Waals surface area contributed by atoms with Gasteiger partial charge in [0.15, 0.2) is 11.6 Å². The Morgan fingerprint density at radius 3 is 2.54 bits per heavy atom. The van der Waals surface area contributed by atoms with Gasteiger partial charge >= 0.3 is 0 Å². The van der Waals surface area contributed by atoms with Gasteiger partial charge in [-0.25, -0.2) is 13.1 Å². The maximum atomic E-state index is 12.2. The van der Waals surface area contributed by atoms with E-state index in [1.54, 1.807) is 20.8 Å². The van der Waals surface area contributed by atoms with Crippen LogP contribution in [0.4, 0.5) is 0 Å². The monoisotopic (exact) mass is 378 g/mol. The lowest BCUT2D eigenvalue weighted by atomic mass is 10.1. The number of furan rings is 1. The molecule has 0 saturated heterocycles. The smallest absolute Gasteiger partial charge is 0.293 e. The zero-order chi connectivity index (χ0) is 17.3. The lowest BCUT2D eigenvalue weighted by molar-refractivity contribution is 0.389. The predicted octanol–water partition coefficient (Wildman–Crippen LogP) is 1.98. The minimum absolute atomic E-state index is 0. The molecule has 0 fully saturated rings. The average Bonchev–Trinajstić information content (AvgIpc) is 3.03. The highest BCUT2D eigenvalue weighted by atomic mass is 35.5. The first-order valence-corrected chi connectivity index (χ1v) is 8.73. The molecule has 0 saturated carbocycles. The van der Waals surface area contributed by atoms with Gasteiger partial charge in [-0.2, -0.15) is 4.98 Å². The Balaban J connectivity index is 0.00000288. The van der Waals surface area contributed by atoms with E-state index in [0.717, 1.165) is 0 Å². The Morgan fingerprint density at radius 2 is 1.96 bits per heavy atom. The molecule has 2 N–H and O–H groups in total. The molecule has 8 nitrogen and oxygen atoms in total. The van der Waals surface area contributed by atoms with Crippen LogP contribution in [0.3, 0.4) is 0 Å². The molecule has 0 radical (unpaired) electrons. The Labute approximate surface area is 147 Å². The molecule has 0 aliphatic carbocycles. The quantitative estimate of drug-likeness (QED) is 0.790. The average molecular weight is 379 g/mol. The zero-order valence-electron chi connectivity index (χ0n) is 14.3. The van der Waals surface area contributed by atoms with Crippen molar-refractivity contribution in [2.45, 2.75) is 50.8 Å². The summed E-state index contributed by atoms with van der Waals surface area (Å²) in [4.78, 5) is 4.21. The van der Waals surface area contributed by atoms with Gasteiger partial charge in [-0.05, 0) is 46.9 Å². The third-order valence-electron chi connectivity index (χ3n) is 2.95. The summed E-state index contributed by atoms with van der Waals surface area (Å²) in [6.07, 6.45) is 0.595. The number of hydrogen-bond donors (Lipinski definition) is 2. The van der Waals surface area contributed by atoms with Crippen molar-refractivity contribution < 1.29 is 17.4 Å². The Morgan fingerprint density at radius 1 is 1.29 bits per heavy atom. The second kappa shape index (κ2) is 7.64. The molecule has 0 aliphatic rings. The number of nitrogens with zero attached hydrogens (tertiary/aromatic N) is 2. The fraction of sp³-hybridized carbons (Fsp3) is 0.571. The van der Waals surface area contributed by atoms with Crippen molar-refractivity contribution in [1.29, 1.82) is 0 Å². The van der Waals surface area contributed by atoms with Crippen LogP contribution in [0.1, 0.15) is 33.5 Å². The second-order valence-corrected chi connectivity index (χ2v) is 8.00. The fourth-order valence-electron chi connectivity index (χ4n) is 1.85. The Hall–Kier alpha value is -1.42. The van der Waals surface area contributed by atoms with Crippen LogP contribution in [0, 0.1) is 0 Å². The van der Waals surface area contributed by atoms with Crippen LogP contribution in [0.2, 0.25) is 0 Å². The lowest BCUT2D eigenvalue weighted by Gasteiger charge is -2.18. The predicted molar refractivity (Wildman–Crippen MR) is 91.5 cm³/mol.